The average molecular weight is 1210 g/mol. The molecule has 4 aliphatic rings. The van der Waals surface area contributed by atoms with Crippen LogP contribution in [0.5, 0.6) is 0 Å². The number of carbonyl (C=O) groups is 9. The summed E-state index contributed by atoms with van der Waals surface area (Å²) in [5, 5.41) is 10.4. The minimum absolute atomic E-state index is 0.0128. The summed E-state index contributed by atoms with van der Waals surface area (Å²) in [7, 11) is -5.96. The quantitative estimate of drug-likeness (QED) is 0.0104. The largest absolute Gasteiger partial charge is 0.428 e. The zero-order valence-electron chi connectivity index (χ0n) is 45.1. The molecule has 4 aromatic carbocycles. The molecule has 3 fully saturated rings. The molecule has 0 saturated carbocycles. The van der Waals surface area contributed by atoms with Crippen LogP contribution in [-0.4, -0.2) is 128 Å². The molecule has 0 radical (unpaired) electrons. The molecule has 5 heterocycles. The zero-order chi connectivity index (χ0) is 60.9. The van der Waals surface area contributed by atoms with Crippen LogP contribution >= 0.6 is 18.9 Å². The van der Waals surface area contributed by atoms with Crippen molar-refractivity contribution in [3.63, 3.8) is 0 Å². The van der Waals surface area contributed by atoms with Gasteiger partial charge in [-0.05, 0) is 115 Å². The van der Waals surface area contributed by atoms with E-state index in [1.165, 1.54) is 45.0 Å². The van der Waals surface area contributed by atoms with Crippen LogP contribution in [0.15, 0.2) is 91.0 Å². The van der Waals surface area contributed by atoms with Crippen LogP contribution in [0, 0.1) is 23.5 Å². The van der Waals surface area contributed by atoms with Crippen LogP contribution in [0.25, 0.3) is 10.1 Å². The number of nitrogens with zero attached hydrogens (tertiary/aromatic N) is 3. The molecule has 27 heteroatoms. The third kappa shape index (κ3) is 13.8. The van der Waals surface area contributed by atoms with E-state index in [1.807, 2.05) is 0 Å². The molecule has 2 unspecified atom stereocenters. The first-order valence-corrected chi connectivity index (χ1v) is 29.6. The van der Waals surface area contributed by atoms with Gasteiger partial charge in [0.25, 0.3) is 11.8 Å². The number of hydrogen-bond donors (Lipinski definition) is 7. The van der Waals surface area contributed by atoms with E-state index in [9.17, 15) is 70.3 Å². The number of benzene rings is 4. The average Bonchev–Trinajstić information content (AvgIpc) is 2.43. The minimum Gasteiger partial charge on any atom is -0.428 e. The van der Waals surface area contributed by atoms with Crippen molar-refractivity contribution in [2.45, 2.75) is 119 Å². The highest BCUT2D eigenvalue weighted by Gasteiger charge is 2.51. The van der Waals surface area contributed by atoms with Gasteiger partial charge in [-0.25, -0.2) is 13.6 Å². The molecule has 0 aliphatic carbocycles. The number of piperidine rings is 1. The summed E-state index contributed by atoms with van der Waals surface area (Å²) < 4.78 is 75.9. The number of halogens is 4. The van der Waals surface area contributed by atoms with Crippen LogP contribution in [0.1, 0.15) is 118 Å². The lowest BCUT2D eigenvalue weighted by Gasteiger charge is -2.39. The van der Waals surface area contributed by atoms with Gasteiger partial charge < -0.3 is 50.4 Å². The van der Waals surface area contributed by atoms with E-state index < -0.39 is 115 Å². The number of imide groups is 1. The van der Waals surface area contributed by atoms with Gasteiger partial charge in [0.15, 0.2) is 6.23 Å². The number of nitrogens with one attached hydrogen (secondary N) is 4. The van der Waals surface area contributed by atoms with E-state index in [1.54, 1.807) is 18.2 Å². The molecule has 1 aromatic heterocycles. The number of ether oxygens (including phenoxy) is 1. The normalized spacial score (nSPS) is 19.7. The van der Waals surface area contributed by atoms with Gasteiger partial charge in [0.2, 0.25) is 29.5 Å². The molecule has 0 spiro atoms. The molecule has 5 aromatic rings. The molecule has 3 saturated heterocycles. The van der Waals surface area contributed by atoms with Crippen molar-refractivity contribution in [3.8, 4) is 11.8 Å². The summed E-state index contributed by atoms with van der Waals surface area (Å²) in [6, 6.07) is 12.1. The monoisotopic (exact) mass is 1210 g/mol. The molecule has 8 amide bonds. The highest BCUT2D eigenvalue weighted by atomic mass is 32.1. The third-order valence-electron chi connectivity index (χ3n) is 15.3. The fourth-order valence-electron chi connectivity index (χ4n) is 11.1. The van der Waals surface area contributed by atoms with Crippen molar-refractivity contribution in [1.29, 1.82) is 0 Å². The summed E-state index contributed by atoms with van der Waals surface area (Å²) in [5.74, 6) is 0.696. The standard InChI is InChI=1S/C58H57F4N8O13PS/c59-37-13-6-11-33(26-37)50(34-12-7-14-38(60)27-34)67-54(83-57(63)79)43(31-71)65-52(75)45-19-18-39-23-24-68(30-42(56(78)70(39)45)64-53(76)47-28-35-25-36(17-21-46(35)85-47)58(61,62)84(80,81)82)49(73)16-5-3-1-2-4-9-32-10-8-15-40-41(32)29-69(55(40)77)44-20-22-48(72)66-51(44)74/h6-8,10-15,17,21,25-28,31,39,42-45,50,54,67H,1-3,5,16,18-20,22-24,29-30H2,(H2,63,79)(H,64,76)(H,65,75)(H,66,72,74)(H2,80,81,82)/t39-,42+,43?,44?,45+,54+/m1/s1. The highest BCUT2D eigenvalue weighted by molar-refractivity contribution is 7.52. The third-order valence-corrected chi connectivity index (χ3v) is 17.4. The predicted molar refractivity (Wildman–Crippen MR) is 297 cm³/mol. The Morgan fingerprint density at radius 2 is 1.62 bits per heavy atom. The Kier molecular flexibility index (Phi) is 18.6. The Balaban J connectivity index is 0.897. The van der Waals surface area contributed by atoms with Gasteiger partial charge in [0.1, 0.15) is 42.1 Å². The van der Waals surface area contributed by atoms with Crippen LogP contribution < -0.4 is 27.0 Å². The molecule has 8 N–H and O–H groups in total. The van der Waals surface area contributed by atoms with Gasteiger partial charge in [-0.3, -0.25) is 48.8 Å². The number of primary amides is 1. The second kappa shape index (κ2) is 25.9. The molecule has 21 nitrogen and oxygen atoms in total. The number of aldehydes is 1. The minimum atomic E-state index is -5.96. The van der Waals surface area contributed by atoms with E-state index in [0.717, 1.165) is 53.8 Å². The number of alkyl halides is 2. The molecular formula is C58H57F4N8O13PS. The van der Waals surface area contributed by atoms with Gasteiger partial charge in [0.05, 0.1) is 10.9 Å². The van der Waals surface area contributed by atoms with Gasteiger partial charge in [-0.15, -0.1) is 11.3 Å². The second-order valence-electron chi connectivity index (χ2n) is 20.9. The summed E-state index contributed by atoms with van der Waals surface area (Å²) in [6.45, 7) is -0.175. The molecule has 85 heavy (non-hydrogen) atoms. The van der Waals surface area contributed by atoms with Crippen molar-refractivity contribution in [1.82, 2.24) is 36.0 Å². The first kappa shape index (κ1) is 61.2. The Morgan fingerprint density at radius 3 is 2.29 bits per heavy atom. The predicted octanol–water partition coefficient (Wildman–Crippen LogP) is 5.34. The molecule has 4 aliphatic heterocycles. The van der Waals surface area contributed by atoms with E-state index in [-0.39, 0.29) is 95.8 Å². The summed E-state index contributed by atoms with van der Waals surface area (Å²) in [6.07, 6.45) is -0.217. The summed E-state index contributed by atoms with van der Waals surface area (Å²) in [5.41, 5.74) is 2.00. The van der Waals surface area contributed by atoms with Crippen molar-refractivity contribution in [3.05, 3.63) is 141 Å². The fraction of sp³-hybridized carbons (Fsp3) is 0.362. The number of nitrogens with two attached hydrogens (primary N) is 1. The van der Waals surface area contributed by atoms with Gasteiger partial charge in [-0.1, -0.05) is 54.7 Å². The van der Waals surface area contributed by atoms with E-state index in [0.29, 0.717) is 42.4 Å². The van der Waals surface area contributed by atoms with Crippen molar-refractivity contribution in [2.75, 3.05) is 13.1 Å². The van der Waals surface area contributed by atoms with Crippen LogP contribution in [0.2, 0.25) is 0 Å². The number of amides is 8. The maximum Gasteiger partial charge on any atom is 0.406 e. The first-order valence-electron chi connectivity index (χ1n) is 27.1. The Bertz CT molecular complexity index is 3560. The lowest BCUT2D eigenvalue weighted by molar-refractivity contribution is -0.145. The number of unbranched alkanes of at least 4 members (excludes halogenated alkanes) is 3. The number of carbonyl (C=O) groups excluding carboxylic acids is 9. The second-order valence-corrected chi connectivity index (χ2v) is 23.7. The smallest absolute Gasteiger partial charge is 0.406 e. The molecule has 0 bridgehead atoms. The van der Waals surface area contributed by atoms with Crippen LogP contribution in [0.4, 0.5) is 22.4 Å². The lowest BCUT2D eigenvalue weighted by Crippen LogP contribution is -2.62. The number of hydrogen-bond acceptors (Lipinski definition) is 13. The van der Waals surface area contributed by atoms with Crippen LogP contribution in [-0.2, 0) is 50.3 Å². The number of fused-ring (bicyclic) bond motifs is 3. The van der Waals surface area contributed by atoms with E-state index >= 15 is 4.79 Å². The van der Waals surface area contributed by atoms with Gasteiger partial charge in [-0.2, -0.15) is 8.78 Å². The van der Waals surface area contributed by atoms with Crippen molar-refractivity contribution < 1.29 is 79.8 Å². The van der Waals surface area contributed by atoms with Gasteiger partial charge in [0, 0.05) is 66.3 Å². The topological polar surface area (TPSA) is 304 Å². The fourth-order valence-corrected chi connectivity index (χ4v) is 12.5. The maximum atomic E-state index is 15.0. The first-order chi connectivity index (χ1) is 40.5. The van der Waals surface area contributed by atoms with E-state index in [2.05, 4.69) is 33.1 Å². The molecular weight excluding hydrogens is 1160 g/mol. The zero-order valence-corrected chi connectivity index (χ0v) is 46.9. The summed E-state index contributed by atoms with van der Waals surface area (Å²) >= 11 is 0.821. The van der Waals surface area contributed by atoms with E-state index in [4.69, 9.17) is 10.5 Å². The Morgan fingerprint density at radius 1 is 0.906 bits per heavy atom. The highest BCUT2D eigenvalue weighted by Crippen LogP contribution is 2.59. The maximum absolute atomic E-state index is 15.0. The molecule has 9 rings (SSSR count). The van der Waals surface area contributed by atoms with Crippen LogP contribution in [0.3, 0.4) is 0 Å². The SMILES string of the molecule is NC(=O)O[C@H](NC(c1cccc(F)c1)c1cccc(F)c1)C(C=O)NC(=O)[C@@H]1CC[C@@H]2CCN(C(=O)CCCCCC#Cc3cccc4c3CN(C3CCC(=O)NC3=O)C4=O)C[C@H](NC(=O)c3cc4cc(C(F)(F)P(=O)(O)O)ccc4s3)C(=O)N21. The number of rotatable bonds is 19. The summed E-state index contributed by atoms with van der Waals surface area (Å²) in [4.78, 5) is 143. The number of thiophene rings is 1. The lowest BCUT2D eigenvalue weighted by atomic mass is 9.97. The van der Waals surface area contributed by atoms with Gasteiger partial charge >= 0.3 is 19.4 Å². The Hall–Kier alpha value is -8.34. The molecule has 446 valence electrons. The van der Waals surface area contributed by atoms with Crippen molar-refractivity contribution >= 4 is 82.7 Å². The van der Waals surface area contributed by atoms with Crippen molar-refractivity contribution in [2.24, 2.45) is 5.73 Å². The Labute approximate surface area is 487 Å². The molecule has 6 atom stereocenters.